The molecule has 0 unspecified atom stereocenters. The van der Waals surface area contributed by atoms with Crippen LogP contribution in [0.15, 0.2) is 48.7 Å². The second kappa shape index (κ2) is 7.85. The van der Waals surface area contributed by atoms with Gasteiger partial charge in [0.25, 0.3) is 0 Å². The van der Waals surface area contributed by atoms with Gasteiger partial charge < -0.3 is 15.4 Å². The van der Waals surface area contributed by atoms with Gasteiger partial charge in [-0.1, -0.05) is 24.3 Å². The van der Waals surface area contributed by atoms with Crippen molar-refractivity contribution in [1.29, 1.82) is 0 Å². The molecule has 0 saturated carbocycles. The summed E-state index contributed by atoms with van der Waals surface area (Å²) in [6.45, 7) is -0.448. The molecule has 2 heterocycles. The molecular weight excluding hydrogens is 395 g/mol. The van der Waals surface area contributed by atoms with Gasteiger partial charge in [0.2, 0.25) is 0 Å². The molecular formula is C22H20F3N3O2. The van der Waals surface area contributed by atoms with Crippen LogP contribution < -0.4 is 15.4 Å². The molecule has 0 fully saturated rings. The molecule has 1 aliphatic rings. The number of nitrogens with one attached hydrogen (secondary N) is 2. The fourth-order valence-corrected chi connectivity index (χ4v) is 3.68. The Morgan fingerprint density at radius 1 is 1.23 bits per heavy atom. The predicted molar refractivity (Wildman–Crippen MR) is 108 cm³/mol. The number of urea groups is 1. The minimum absolute atomic E-state index is 0.164. The number of halogens is 3. The van der Waals surface area contributed by atoms with Gasteiger partial charge in [0.05, 0.1) is 11.7 Å². The third kappa shape index (κ3) is 3.65. The molecule has 2 aromatic carbocycles. The van der Waals surface area contributed by atoms with Crippen LogP contribution in [0.4, 0.5) is 23.7 Å². The van der Waals surface area contributed by atoms with Gasteiger partial charge in [0, 0.05) is 34.6 Å². The van der Waals surface area contributed by atoms with E-state index in [4.69, 9.17) is 4.74 Å². The number of amides is 2. The van der Waals surface area contributed by atoms with E-state index < -0.39 is 36.8 Å². The topological polar surface area (TPSA) is 63.2 Å². The first kappa shape index (κ1) is 20.0. The van der Waals surface area contributed by atoms with Crippen molar-refractivity contribution in [3.63, 3.8) is 0 Å². The van der Waals surface area contributed by atoms with Crippen molar-refractivity contribution in [3.8, 4) is 5.75 Å². The van der Waals surface area contributed by atoms with Crippen molar-refractivity contribution < 1.29 is 22.7 Å². The number of benzene rings is 2. The molecule has 0 saturated heterocycles. The number of carbonyl (C=O) groups excluding carboxylic acids is 1. The summed E-state index contributed by atoms with van der Waals surface area (Å²) in [4.78, 5) is 17.0. The zero-order valence-electron chi connectivity index (χ0n) is 16.2. The van der Waals surface area contributed by atoms with E-state index in [1.54, 1.807) is 24.4 Å². The Morgan fingerprint density at radius 2 is 2.00 bits per heavy atom. The highest BCUT2D eigenvalue weighted by molar-refractivity contribution is 6.01. The number of alkyl halides is 2. The van der Waals surface area contributed by atoms with E-state index in [0.717, 1.165) is 22.5 Å². The maximum Gasteiger partial charge on any atom is 0.319 e. The van der Waals surface area contributed by atoms with E-state index >= 15 is 0 Å². The van der Waals surface area contributed by atoms with Crippen molar-refractivity contribution in [2.24, 2.45) is 0 Å². The number of carbonyl (C=O) groups is 1. The Bertz CT molecular complexity index is 1100. The van der Waals surface area contributed by atoms with E-state index in [1.165, 1.54) is 6.07 Å². The zero-order valence-corrected chi connectivity index (χ0v) is 16.2. The second-order valence-corrected chi connectivity index (χ2v) is 7.42. The number of pyridine rings is 1. The highest BCUT2D eigenvalue weighted by Crippen LogP contribution is 2.41. The Morgan fingerprint density at radius 3 is 2.77 bits per heavy atom. The summed E-state index contributed by atoms with van der Waals surface area (Å²) in [6.07, 6.45) is 1.55. The molecule has 0 bridgehead atoms. The summed E-state index contributed by atoms with van der Waals surface area (Å²) in [7, 11) is 0. The second-order valence-electron chi connectivity index (χ2n) is 7.42. The quantitative estimate of drug-likeness (QED) is 0.630. The average Bonchev–Trinajstić information content (AvgIpc) is 2.74. The van der Waals surface area contributed by atoms with Crippen molar-refractivity contribution in [1.82, 2.24) is 10.3 Å². The van der Waals surface area contributed by atoms with Crippen LogP contribution in [0.1, 0.15) is 23.7 Å². The van der Waals surface area contributed by atoms with E-state index in [1.807, 2.05) is 19.1 Å². The largest absolute Gasteiger partial charge is 0.478 e. The van der Waals surface area contributed by atoms with Crippen molar-refractivity contribution in [2.45, 2.75) is 25.0 Å². The molecule has 1 aliphatic heterocycles. The third-order valence-electron chi connectivity index (χ3n) is 5.21. The van der Waals surface area contributed by atoms with Crippen LogP contribution in [0.25, 0.3) is 10.8 Å². The van der Waals surface area contributed by atoms with Crippen LogP contribution in [0.2, 0.25) is 0 Å². The Hall–Kier alpha value is -3.29. The molecule has 2 amide bonds. The van der Waals surface area contributed by atoms with Gasteiger partial charge in [0.15, 0.2) is 17.2 Å². The zero-order chi connectivity index (χ0) is 21.3. The number of nitrogens with zero attached hydrogens (tertiary/aromatic N) is 1. The molecule has 0 radical (unpaired) electrons. The van der Waals surface area contributed by atoms with Gasteiger partial charge in [0.1, 0.15) is 13.3 Å². The fraction of sp³-hybridized carbons (Fsp3) is 0.273. The molecule has 0 spiro atoms. The lowest BCUT2D eigenvalue weighted by Crippen LogP contribution is -2.49. The van der Waals surface area contributed by atoms with Gasteiger partial charge >= 0.3 is 6.03 Å². The lowest BCUT2D eigenvalue weighted by atomic mass is 9.88. The summed E-state index contributed by atoms with van der Waals surface area (Å²) >= 11 is 0. The van der Waals surface area contributed by atoms with Crippen LogP contribution in [0, 0.1) is 12.7 Å². The molecule has 1 aromatic heterocycles. The van der Waals surface area contributed by atoms with Gasteiger partial charge in [-0.15, -0.1) is 0 Å². The first-order valence-corrected chi connectivity index (χ1v) is 9.47. The monoisotopic (exact) mass is 415 g/mol. The molecule has 8 heteroatoms. The highest BCUT2D eigenvalue weighted by atomic mass is 19.1. The van der Waals surface area contributed by atoms with Gasteiger partial charge in [-0.05, 0) is 25.1 Å². The maximum absolute atomic E-state index is 14.3. The van der Waals surface area contributed by atoms with Gasteiger partial charge in [-0.2, -0.15) is 0 Å². The van der Waals surface area contributed by atoms with E-state index in [9.17, 15) is 18.0 Å². The molecule has 1 atom stereocenters. The summed E-state index contributed by atoms with van der Waals surface area (Å²) in [5.74, 6) is -0.973. The van der Waals surface area contributed by atoms with E-state index in [0.29, 0.717) is 11.3 Å². The minimum atomic E-state index is -1.84. The Labute approximate surface area is 171 Å². The van der Waals surface area contributed by atoms with Crippen LogP contribution in [-0.2, 0) is 0 Å². The Balaban J connectivity index is 1.62. The molecule has 2 N–H and O–H groups in total. The van der Waals surface area contributed by atoms with Crippen LogP contribution in [-0.4, -0.2) is 30.0 Å². The summed E-state index contributed by atoms with van der Waals surface area (Å²) in [6, 6.07) is 10.0. The predicted octanol–water partition coefficient (Wildman–Crippen LogP) is 5.01. The van der Waals surface area contributed by atoms with Crippen molar-refractivity contribution in [2.75, 3.05) is 18.7 Å². The lowest BCUT2D eigenvalue weighted by molar-refractivity contribution is -0.0137. The number of hydrogen-bond donors (Lipinski definition) is 2. The van der Waals surface area contributed by atoms with Gasteiger partial charge in [-0.3, -0.25) is 4.98 Å². The fourth-order valence-electron chi connectivity index (χ4n) is 3.68. The summed E-state index contributed by atoms with van der Waals surface area (Å²) in [5, 5.41) is 7.13. The number of rotatable bonds is 4. The van der Waals surface area contributed by atoms with Crippen LogP contribution in [0.5, 0.6) is 5.75 Å². The van der Waals surface area contributed by atoms with Gasteiger partial charge in [-0.25, -0.2) is 18.0 Å². The lowest BCUT2D eigenvalue weighted by Gasteiger charge is -2.39. The summed E-state index contributed by atoms with van der Waals surface area (Å²) < 4.78 is 46.8. The van der Waals surface area contributed by atoms with Crippen LogP contribution in [0.3, 0.4) is 0 Å². The number of hydrogen-bond acceptors (Lipinski definition) is 3. The molecule has 5 nitrogen and oxygen atoms in total. The molecule has 156 valence electrons. The number of aryl methyl sites for hydroxylation is 1. The van der Waals surface area contributed by atoms with E-state index in [-0.39, 0.29) is 12.2 Å². The number of anilines is 1. The van der Waals surface area contributed by atoms with Crippen LogP contribution >= 0.6 is 0 Å². The average molecular weight is 415 g/mol. The standard InChI is InChI=1S/C22H20F3N3O2/c1-13-8-16-14(10-26-13)4-2-7-18(16)27-21(29)28-19-9-22(11-23,12-24)30-20-15(19)5-3-6-17(20)25/h2-8,10,19H,9,11-12H2,1H3,(H2,27,28,29)/t19-/m1/s1. The number of fused-ring (bicyclic) bond motifs is 2. The van der Waals surface area contributed by atoms with Crippen molar-refractivity contribution in [3.05, 3.63) is 65.7 Å². The normalized spacial score (nSPS) is 17.1. The number of ether oxygens (including phenoxy) is 1. The van der Waals surface area contributed by atoms with Crippen molar-refractivity contribution >= 4 is 22.5 Å². The molecule has 0 aliphatic carbocycles. The third-order valence-corrected chi connectivity index (χ3v) is 5.21. The molecule has 30 heavy (non-hydrogen) atoms. The summed E-state index contributed by atoms with van der Waals surface area (Å²) in [5.41, 5.74) is -0.151. The number of para-hydroxylation sites is 1. The highest BCUT2D eigenvalue weighted by Gasteiger charge is 2.43. The maximum atomic E-state index is 14.3. The Kier molecular flexibility index (Phi) is 5.24. The molecule has 4 rings (SSSR count). The van der Waals surface area contributed by atoms with E-state index in [2.05, 4.69) is 15.6 Å². The number of aromatic nitrogens is 1. The minimum Gasteiger partial charge on any atom is -0.478 e. The SMILES string of the molecule is Cc1cc2c(NC(=O)N[C@@H]3CC(CF)(CF)Oc4c(F)cccc43)cccc2cn1. The first-order valence-electron chi connectivity index (χ1n) is 9.47. The first-order chi connectivity index (χ1) is 14.4. The smallest absolute Gasteiger partial charge is 0.319 e. The molecule has 3 aromatic rings.